The highest BCUT2D eigenvalue weighted by atomic mass is 32.2. The van der Waals surface area contributed by atoms with Crippen LogP contribution in [0, 0.1) is 0 Å². The van der Waals surface area contributed by atoms with Crippen LogP contribution in [0.5, 0.6) is 5.75 Å². The number of carbonyl (C=O) groups excluding carboxylic acids is 2. The van der Waals surface area contributed by atoms with E-state index < -0.39 is 16.1 Å². The summed E-state index contributed by atoms with van der Waals surface area (Å²) in [5.74, 6) is 0.0335. The third kappa shape index (κ3) is 3.86. The lowest BCUT2D eigenvalue weighted by molar-refractivity contribution is -0.121. The summed E-state index contributed by atoms with van der Waals surface area (Å²) in [6, 6.07) is 12.3. The van der Waals surface area contributed by atoms with Crippen LogP contribution < -0.4 is 14.4 Å². The minimum absolute atomic E-state index is 0.0482. The van der Waals surface area contributed by atoms with Crippen LogP contribution >= 0.6 is 0 Å². The number of para-hydroxylation sites is 1. The van der Waals surface area contributed by atoms with Gasteiger partial charge in [-0.2, -0.15) is 0 Å². The van der Waals surface area contributed by atoms with Crippen LogP contribution in [0.2, 0.25) is 0 Å². The molecule has 1 atom stereocenters. The second kappa shape index (κ2) is 7.50. The van der Waals surface area contributed by atoms with Gasteiger partial charge in [-0.3, -0.25) is 14.5 Å². The Bertz CT molecular complexity index is 954. The average molecular weight is 388 g/mol. The first kappa shape index (κ1) is 19.1. The standard InChI is InChI=1S/C19H20N2O5S/c1-13(16-5-3-4-6-17(16)26-2)20-27(24,25)15-9-7-14(8-10-15)21-18(22)11-12-19(21)23/h3-10,13,20H,11-12H2,1-2H3/t13-/m0/s1. The number of carbonyl (C=O) groups is 2. The maximum Gasteiger partial charge on any atom is 0.241 e. The van der Waals surface area contributed by atoms with Gasteiger partial charge in [-0.25, -0.2) is 13.1 Å². The number of nitrogens with zero attached hydrogens (tertiary/aromatic N) is 1. The maximum absolute atomic E-state index is 12.7. The van der Waals surface area contributed by atoms with Crippen LogP contribution in [-0.2, 0) is 19.6 Å². The Morgan fingerprint density at radius 1 is 1.00 bits per heavy atom. The van der Waals surface area contributed by atoms with Crippen molar-refractivity contribution >= 4 is 27.5 Å². The highest BCUT2D eigenvalue weighted by molar-refractivity contribution is 7.89. The number of ether oxygens (including phenoxy) is 1. The van der Waals surface area contributed by atoms with E-state index in [1.807, 2.05) is 12.1 Å². The zero-order valence-electron chi connectivity index (χ0n) is 15.0. The summed E-state index contributed by atoms with van der Waals surface area (Å²) >= 11 is 0. The second-order valence-corrected chi connectivity index (χ2v) is 7.92. The highest BCUT2D eigenvalue weighted by Gasteiger charge is 2.30. The molecule has 142 valence electrons. The Morgan fingerprint density at radius 2 is 1.59 bits per heavy atom. The molecule has 1 aliphatic heterocycles. The first-order chi connectivity index (χ1) is 12.8. The highest BCUT2D eigenvalue weighted by Crippen LogP contribution is 2.27. The number of hydrogen-bond acceptors (Lipinski definition) is 5. The van der Waals surface area contributed by atoms with E-state index in [2.05, 4.69) is 4.72 Å². The molecular formula is C19H20N2O5S. The normalized spacial score (nSPS) is 15.9. The van der Waals surface area contributed by atoms with Crippen LogP contribution in [0.25, 0.3) is 0 Å². The number of rotatable bonds is 6. The lowest BCUT2D eigenvalue weighted by Crippen LogP contribution is -2.29. The van der Waals surface area contributed by atoms with Gasteiger partial charge in [-0.1, -0.05) is 18.2 Å². The Balaban J connectivity index is 1.81. The van der Waals surface area contributed by atoms with E-state index in [9.17, 15) is 18.0 Å². The fourth-order valence-electron chi connectivity index (χ4n) is 3.03. The van der Waals surface area contributed by atoms with E-state index >= 15 is 0 Å². The van der Waals surface area contributed by atoms with E-state index in [0.717, 1.165) is 4.90 Å². The zero-order valence-corrected chi connectivity index (χ0v) is 15.8. The van der Waals surface area contributed by atoms with E-state index in [1.54, 1.807) is 19.1 Å². The Kier molecular flexibility index (Phi) is 5.29. The SMILES string of the molecule is COc1ccccc1[C@H](C)NS(=O)(=O)c1ccc(N2C(=O)CCC2=O)cc1. The number of hydrogen-bond donors (Lipinski definition) is 1. The first-order valence-electron chi connectivity index (χ1n) is 8.44. The molecule has 1 heterocycles. The summed E-state index contributed by atoms with van der Waals surface area (Å²) in [5, 5.41) is 0. The molecule has 0 spiro atoms. The van der Waals surface area contributed by atoms with E-state index in [4.69, 9.17) is 4.74 Å². The van der Waals surface area contributed by atoms with Crippen LogP contribution in [-0.4, -0.2) is 27.3 Å². The Morgan fingerprint density at radius 3 is 2.19 bits per heavy atom. The number of imide groups is 1. The van der Waals surface area contributed by atoms with Gasteiger partial charge in [0.1, 0.15) is 5.75 Å². The lowest BCUT2D eigenvalue weighted by Gasteiger charge is -2.18. The third-order valence-corrected chi connectivity index (χ3v) is 5.95. The van der Waals surface area contributed by atoms with Crippen molar-refractivity contribution in [3.8, 4) is 5.75 Å². The monoisotopic (exact) mass is 388 g/mol. The molecule has 2 amide bonds. The van der Waals surface area contributed by atoms with Gasteiger partial charge in [0.25, 0.3) is 0 Å². The van der Waals surface area contributed by atoms with Crippen molar-refractivity contribution in [2.24, 2.45) is 0 Å². The van der Waals surface area contributed by atoms with E-state index in [-0.39, 0.29) is 29.6 Å². The maximum atomic E-state index is 12.7. The molecule has 0 saturated carbocycles. The van der Waals surface area contributed by atoms with Crippen molar-refractivity contribution in [3.05, 3.63) is 54.1 Å². The number of amides is 2. The molecule has 1 aliphatic rings. The number of sulfonamides is 1. The lowest BCUT2D eigenvalue weighted by atomic mass is 10.1. The van der Waals surface area contributed by atoms with Gasteiger partial charge in [-0.15, -0.1) is 0 Å². The first-order valence-corrected chi connectivity index (χ1v) is 9.93. The van der Waals surface area contributed by atoms with Gasteiger partial charge in [0.15, 0.2) is 0 Å². The molecule has 0 radical (unpaired) electrons. The fraction of sp³-hybridized carbons (Fsp3) is 0.263. The molecule has 27 heavy (non-hydrogen) atoms. The van der Waals surface area contributed by atoms with Gasteiger partial charge < -0.3 is 4.74 Å². The molecule has 0 aliphatic carbocycles. The molecule has 7 nitrogen and oxygen atoms in total. The van der Waals surface area contributed by atoms with E-state index in [1.165, 1.54) is 31.4 Å². The van der Waals surface area contributed by atoms with Crippen molar-refractivity contribution < 1.29 is 22.7 Å². The van der Waals surface area contributed by atoms with Gasteiger partial charge in [0.05, 0.1) is 17.7 Å². The molecule has 3 rings (SSSR count). The fourth-order valence-corrected chi connectivity index (χ4v) is 4.25. The predicted octanol–water partition coefficient (Wildman–Crippen LogP) is 2.39. The molecule has 0 aromatic heterocycles. The largest absolute Gasteiger partial charge is 0.496 e. The topological polar surface area (TPSA) is 92.8 Å². The molecule has 2 aromatic carbocycles. The van der Waals surface area contributed by atoms with Crippen LogP contribution in [0.1, 0.15) is 31.4 Å². The molecule has 1 saturated heterocycles. The molecule has 1 fully saturated rings. The molecule has 2 aromatic rings. The van der Waals surface area contributed by atoms with Gasteiger partial charge >= 0.3 is 0 Å². The summed E-state index contributed by atoms with van der Waals surface area (Å²) < 4.78 is 33.2. The number of nitrogens with one attached hydrogen (secondary N) is 1. The van der Waals surface area contributed by atoms with Crippen molar-refractivity contribution in [2.75, 3.05) is 12.0 Å². The number of benzene rings is 2. The van der Waals surface area contributed by atoms with Crippen molar-refractivity contribution in [1.82, 2.24) is 4.72 Å². The van der Waals surface area contributed by atoms with E-state index in [0.29, 0.717) is 17.0 Å². The second-order valence-electron chi connectivity index (χ2n) is 6.20. The summed E-state index contributed by atoms with van der Waals surface area (Å²) in [5.41, 5.74) is 1.09. The summed E-state index contributed by atoms with van der Waals surface area (Å²) in [6.45, 7) is 1.73. The summed E-state index contributed by atoms with van der Waals surface area (Å²) in [7, 11) is -2.27. The molecule has 0 bridgehead atoms. The van der Waals surface area contributed by atoms with Crippen molar-refractivity contribution in [1.29, 1.82) is 0 Å². The molecule has 0 unspecified atom stereocenters. The summed E-state index contributed by atoms with van der Waals surface area (Å²) in [6.07, 6.45) is 0.355. The molecule has 8 heteroatoms. The zero-order chi connectivity index (χ0) is 19.6. The minimum atomic E-state index is -3.79. The van der Waals surface area contributed by atoms with Crippen LogP contribution in [0.15, 0.2) is 53.4 Å². The average Bonchev–Trinajstić information content (AvgIpc) is 2.99. The quantitative estimate of drug-likeness (QED) is 0.767. The predicted molar refractivity (Wildman–Crippen MR) is 99.9 cm³/mol. The Hall–Kier alpha value is -2.71. The minimum Gasteiger partial charge on any atom is -0.496 e. The van der Waals surface area contributed by atoms with Crippen LogP contribution in [0.4, 0.5) is 5.69 Å². The van der Waals surface area contributed by atoms with Crippen molar-refractivity contribution in [3.63, 3.8) is 0 Å². The smallest absolute Gasteiger partial charge is 0.241 e. The third-order valence-electron chi connectivity index (χ3n) is 4.39. The summed E-state index contributed by atoms with van der Waals surface area (Å²) in [4.78, 5) is 24.7. The van der Waals surface area contributed by atoms with Crippen LogP contribution in [0.3, 0.4) is 0 Å². The van der Waals surface area contributed by atoms with Crippen molar-refractivity contribution in [2.45, 2.75) is 30.7 Å². The molecule has 1 N–H and O–H groups in total. The van der Waals surface area contributed by atoms with Gasteiger partial charge in [0.2, 0.25) is 21.8 Å². The Labute approximate surface area is 158 Å². The molecular weight excluding hydrogens is 368 g/mol. The van der Waals surface area contributed by atoms with Gasteiger partial charge in [-0.05, 0) is 37.3 Å². The van der Waals surface area contributed by atoms with Gasteiger partial charge in [0, 0.05) is 24.4 Å². The number of anilines is 1. The number of methoxy groups -OCH3 is 1.